The number of halogens is 1. The molecule has 0 spiro atoms. The Morgan fingerprint density at radius 2 is 1.80 bits per heavy atom. The summed E-state index contributed by atoms with van der Waals surface area (Å²) in [5.41, 5.74) is 4.82. The summed E-state index contributed by atoms with van der Waals surface area (Å²) >= 11 is 5.99. The quantitative estimate of drug-likeness (QED) is 0.469. The number of nitrogens with zero attached hydrogens (tertiary/aromatic N) is 3. The molecule has 4 rings (SSSR count). The van der Waals surface area contributed by atoms with Gasteiger partial charge < -0.3 is 19.7 Å². The summed E-state index contributed by atoms with van der Waals surface area (Å²) in [5.74, 6) is -0.0298. The summed E-state index contributed by atoms with van der Waals surface area (Å²) < 4.78 is 12.7. The van der Waals surface area contributed by atoms with Gasteiger partial charge >= 0.3 is 0 Å². The third kappa shape index (κ3) is 6.18. The summed E-state index contributed by atoms with van der Waals surface area (Å²) in [5, 5.41) is 8.87. The molecule has 8 heteroatoms. The molecule has 184 valence electrons. The zero-order valence-electron chi connectivity index (χ0n) is 20.2. The second kappa shape index (κ2) is 12.1. The fourth-order valence-electron chi connectivity index (χ4n) is 4.21. The van der Waals surface area contributed by atoms with Gasteiger partial charge in [-0.15, -0.1) is 0 Å². The molecule has 0 atom stereocenters. The molecular formula is C27H31ClN4O3. The Morgan fingerprint density at radius 1 is 1.03 bits per heavy atom. The van der Waals surface area contributed by atoms with Crippen LogP contribution in [0.2, 0.25) is 5.02 Å². The minimum Gasteiger partial charge on any atom is -0.378 e. The fraction of sp³-hybridized carbons (Fsp3) is 0.333. The number of carbonyl (C=O) groups excluding carboxylic acids is 1. The zero-order valence-corrected chi connectivity index (χ0v) is 20.9. The molecule has 1 aliphatic heterocycles. The third-order valence-electron chi connectivity index (χ3n) is 5.91. The fourth-order valence-corrected chi connectivity index (χ4v) is 4.33. The number of amides is 1. The summed E-state index contributed by atoms with van der Waals surface area (Å²) in [6, 6.07) is 15.7. The van der Waals surface area contributed by atoms with Crippen LogP contribution >= 0.6 is 11.6 Å². The number of hydrogen-bond acceptors (Lipinski definition) is 5. The molecule has 35 heavy (non-hydrogen) atoms. The van der Waals surface area contributed by atoms with Crippen LogP contribution in [0.15, 0.2) is 48.5 Å². The van der Waals surface area contributed by atoms with E-state index in [1.54, 1.807) is 18.9 Å². The van der Waals surface area contributed by atoms with Crippen molar-refractivity contribution >= 4 is 29.7 Å². The van der Waals surface area contributed by atoms with E-state index >= 15 is 0 Å². The van der Waals surface area contributed by atoms with Crippen LogP contribution in [0.25, 0.3) is 17.8 Å². The SMILES string of the molecule is COCc1nn(-c2cccc(/C=C/c3ccc(Cl)cc3)c2)c(COC)c1C(=O)N1CCCNCC1. The molecule has 0 unspecified atom stereocenters. The Balaban J connectivity index is 1.71. The van der Waals surface area contributed by atoms with Crippen molar-refractivity contribution in [3.63, 3.8) is 0 Å². The maximum atomic E-state index is 13.7. The molecule has 1 N–H and O–H groups in total. The number of nitrogens with one attached hydrogen (secondary N) is 1. The van der Waals surface area contributed by atoms with Crippen molar-refractivity contribution in [2.24, 2.45) is 0 Å². The molecule has 1 aliphatic rings. The lowest BCUT2D eigenvalue weighted by atomic mass is 10.1. The number of benzene rings is 2. The Bertz CT molecular complexity index is 1170. The minimum absolute atomic E-state index is 0.0298. The largest absolute Gasteiger partial charge is 0.378 e. The lowest BCUT2D eigenvalue weighted by Gasteiger charge is -2.21. The molecular weight excluding hydrogens is 464 g/mol. The van der Waals surface area contributed by atoms with E-state index in [1.807, 2.05) is 65.6 Å². The molecule has 0 aliphatic carbocycles. The first-order valence-electron chi connectivity index (χ1n) is 11.7. The van der Waals surface area contributed by atoms with Gasteiger partial charge in [-0.3, -0.25) is 4.79 Å². The Hall–Kier alpha value is -2.97. The van der Waals surface area contributed by atoms with Crippen molar-refractivity contribution in [3.05, 3.63) is 81.6 Å². The zero-order chi connectivity index (χ0) is 24.6. The molecule has 1 amide bonds. The molecule has 1 saturated heterocycles. The van der Waals surface area contributed by atoms with E-state index in [2.05, 4.69) is 5.32 Å². The summed E-state index contributed by atoms with van der Waals surface area (Å²) in [4.78, 5) is 15.5. The van der Waals surface area contributed by atoms with E-state index in [9.17, 15) is 4.79 Å². The Kier molecular flexibility index (Phi) is 8.71. The van der Waals surface area contributed by atoms with Gasteiger partial charge in [-0.2, -0.15) is 5.10 Å². The minimum atomic E-state index is -0.0298. The third-order valence-corrected chi connectivity index (χ3v) is 6.16. The van der Waals surface area contributed by atoms with Gasteiger partial charge in [0.05, 0.1) is 30.2 Å². The van der Waals surface area contributed by atoms with Crippen molar-refractivity contribution in [3.8, 4) is 5.69 Å². The lowest BCUT2D eigenvalue weighted by Crippen LogP contribution is -2.35. The van der Waals surface area contributed by atoms with Crippen LogP contribution in [0, 0.1) is 0 Å². The highest BCUT2D eigenvalue weighted by Crippen LogP contribution is 2.24. The number of methoxy groups -OCH3 is 2. The monoisotopic (exact) mass is 494 g/mol. The van der Waals surface area contributed by atoms with Crippen LogP contribution in [0.1, 0.15) is 39.3 Å². The number of aromatic nitrogens is 2. The van der Waals surface area contributed by atoms with E-state index in [0.29, 0.717) is 29.4 Å². The molecule has 7 nitrogen and oxygen atoms in total. The standard InChI is InChI=1S/C27H31ClN4O3/c1-34-18-24-26(27(33)31-15-4-13-29-14-16-31)25(19-35-2)32(30-24)23-6-3-5-21(17-23)8-7-20-9-11-22(28)12-10-20/h3,5-12,17,29H,4,13-16,18-19H2,1-2H3/b8-7+. The summed E-state index contributed by atoms with van der Waals surface area (Å²) in [6.45, 7) is 3.56. The van der Waals surface area contributed by atoms with Gasteiger partial charge in [0.1, 0.15) is 5.69 Å². The van der Waals surface area contributed by atoms with Crippen LogP contribution in [-0.4, -0.2) is 61.0 Å². The first-order chi connectivity index (χ1) is 17.1. The van der Waals surface area contributed by atoms with Crippen LogP contribution in [0.5, 0.6) is 0 Å². The second-order valence-electron chi connectivity index (χ2n) is 8.42. The highest BCUT2D eigenvalue weighted by molar-refractivity contribution is 6.30. The van der Waals surface area contributed by atoms with Crippen molar-refractivity contribution in [2.75, 3.05) is 40.4 Å². The molecule has 0 bridgehead atoms. The van der Waals surface area contributed by atoms with E-state index in [4.69, 9.17) is 26.2 Å². The van der Waals surface area contributed by atoms with Gasteiger partial charge in [-0.1, -0.05) is 48.0 Å². The van der Waals surface area contributed by atoms with Crippen LogP contribution in [0.4, 0.5) is 0 Å². The second-order valence-corrected chi connectivity index (χ2v) is 8.86. The Labute approximate surface area is 211 Å². The molecule has 1 aromatic heterocycles. The van der Waals surface area contributed by atoms with Gasteiger partial charge in [0.15, 0.2) is 0 Å². The lowest BCUT2D eigenvalue weighted by molar-refractivity contribution is 0.0756. The van der Waals surface area contributed by atoms with Gasteiger partial charge in [0.2, 0.25) is 0 Å². The van der Waals surface area contributed by atoms with Crippen molar-refractivity contribution in [1.29, 1.82) is 0 Å². The van der Waals surface area contributed by atoms with E-state index < -0.39 is 0 Å². The van der Waals surface area contributed by atoms with Crippen molar-refractivity contribution < 1.29 is 14.3 Å². The highest BCUT2D eigenvalue weighted by atomic mass is 35.5. The van der Waals surface area contributed by atoms with Gasteiger partial charge in [-0.05, 0) is 48.4 Å². The maximum Gasteiger partial charge on any atom is 0.257 e. The summed E-state index contributed by atoms with van der Waals surface area (Å²) in [7, 11) is 3.24. The first kappa shape index (κ1) is 25.1. The maximum absolute atomic E-state index is 13.7. The molecule has 0 radical (unpaired) electrons. The topological polar surface area (TPSA) is 68.6 Å². The number of carbonyl (C=O) groups is 1. The molecule has 1 fully saturated rings. The normalized spacial score (nSPS) is 14.4. The number of ether oxygens (including phenoxy) is 2. The van der Waals surface area contributed by atoms with Crippen molar-refractivity contribution in [1.82, 2.24) is 20.0 Å². The van der Waals surface area contributed by atoms with E-state index in [-0.39, 0.29) is 19.1 Å². The highest BCUT2D eigenvalue weighted by Gasteiger charge is 2.28. The van der Waals surface area contributed by atoms with Crippen LogP contribution in [0.3, 0.4) is 0 Å². The van der Waals surface area contributed by atoms with E-state index in [1.165, 1.54) is 0 Å². The van der Waals surface area contributed by atoms with Crippen LogP contribution < -0.4 is 5.32 Å². The van der Waals surface area contributed by atoms with Gasteiger partial charge in [0.25, 0.3) is 5.91 Å². The molecule has 3 aromatic rings. The Morgan fingerprint density at radius 3 is 2.57 bits per heavy atom. The molecule has 0 saturated carbocycles. The van der Waals surface area contributed by atoms with Crippen LogP contribution in [-0.2, 0) is 22.7 Å². The molecule has 2 heterocycles. The smallest absolute Gasteiger partial charge is 0.257 e. The average molecular weight is 495 g/mol. The number of hydrogen-bond donors (Lipinski definition) is 1. The summed E-state index contributed by atoms with van der Waals surface area (Å²) in [6.07, 6.45) is 4.99. The van der Waals surface area contributed by atoms with Gasteiger partial charge in [0, 0.05) is 38.9 Å². The number of rotatable bonds is 8. The van der Waals surface area contributed by atoms with E-state index in [0.717, 1.165) is 42.0 Å². The predicted octanol–water partition coefficient (Wildman–Crippen LogP) is 4.42. The van der Waals surface area contributed by atoms with Gasteiger partial charge in [-0.25, -0.2) is 4.68 Å². The molecule has 2 aromatic carbocycles. The average Bonchev–Trinajstić information content (AvgIpc) is 3.03. The predicted molar refractivity (Wildman–Crippen MR) is 139 cm³/mol. The van der Waals surface area contributed by atoms with Crippen molar-refractivity contribution in [2.45, 2.75) is 19.6 Å². The first-order valence-corrected chi connectivity index (χ1v) is 12.1.